The van der Waals surface area contributed by atoms with Gasteiger partial charge in [0.15, 0.2) is 12.4 Å². The highest BCUT2D eigenvalue weighted by molar-refractivity contribution is 6.31. The van der Waals surface area contributed by atoms with Crippen molar-refractivity contribution in [2.75, 3.05) is 18.9 Å². The van der Waals surface area contributed by atoms with Crippen LogP contribution in [0.4, 0.5) is 10.5 Å². The van der Waals surface area contributed by atoms with E-state index >= 15 is 0 Å². The third-order valence-electron chi connectivity index (χ3n) is 4.07. The molecule has 0 aliphatic carbocycles. The van der Waals surface area contributed by atoms with Gasteiger partial charge in [-0.3, -0.25) is 0 Å². The Morgan fingerprint density at radius 2 is 2.04 bits per heavy atom. The Bertz CT molecular complexity index is 930. The number of likely N-dealkylation sites (N-methyl/N-ethyl adjacent to an activating group) is 1. The number of ether oxygens (including phenoxy) is 1. The van der Waals surface area contributed by atoms with Crippen LogP contribution in [0.25, 0.3) is 0 Å². The Balaban J connectivity index is 1.47. The summed E-state index contributed by atoms with van der Waals surface area (Å²) in [6, 6.07) is 14.5. The first-order valence-corrected chi connectivity index (χ1v) is 9.16. The Morgan fingerprint density at radius 3 is 2.82 bits per heavy atom. The lowest BCUT2D eigenvalue weighted by Gasteiger charge is -2.18. The second-order valence-corrected chi connectivity index (χ2v) is 6.70. The summed E-state index contributed by atoms with van der Waals surface area (Å²) in [5.41, 5.74) is 1.62. The monoisotopic (exact) mass is 400 g/mol. The number of urea groups is 1. The van der Waals surface area contributed by atoms with E-state index in [-0.39, 0.29) is 12.6 Å². The fraction of sp³-hybridized carbons (Fsp3) is 0.250. The van der Waals surface area contributed by atoms with Crippen molar-refractivity contribution < 1.29 is 14.1 Å². The Labute approximate surface area is 168 Å². The van der Waals surface area contributed by atoms with Gasteiger partial charge in [-0.2, -0.15) is 4.98 Å². The van der Waals surface area contributed by atoms with E-state index in [2.05, 4.69) is 15.5 Å². The highest BCUT2D eigenvalue weighted by atomic mass is 35.5. The standard InChI is InChI=1S/C20H21ClN4O3/c1-14-8-9-15(21)12-17(14)22-20(26)25(2)11-10-18-23-19(28-24-18)13-27-16-6-4-3-5-7-16/h3-9,12H,10-11,13H2,1-2H3,(H,22,26). The first kappa shape index (κ1) is 19.7. The zero-order chi connectivity index (χ0) is 19.9. The molecule has 3 aromatic rings. The lowest BCUT2D eigenvalue weighted by Crippen LogP contribution is -2.33. The van der Waals surface area contributed by atoms with E-state index in [4.69, 9.17) is 20.9 Å². The molecule has 0 saturated heterocycles. The van der Waals surface area contributed by atoms with Crippen LogP contribution in [0.1, 0.15) is 17.3 Å². The molecular weight excluding hydrogens is 380 g/mol. The van der Waals surface area contributed by atoms with Crippen LogP contribution >= 0.6 is 11.6 Å². The normalized spacial score (nSPS) is 10.5. The fourth-order valence-electron chi connectivity index (χ4n) is 2.42. The van der Waals surface area contributed by atoms with Gasteiger partial charge in [0.25, 0.3) is 5.89 Å². The number of aromatic nitrogens is 2. The second kappa shape index (κ2) is 9.23. The van der Waals surface area contributed by atoms with Gasteiger partial charge < -0.3 is 19.5 Å². The van der Waals surface area contributed by atoms with Gasteiger partial charge in [0, 0.05) is 30.7 Å². The average Bonchev–Trinajstić information content (AvgIpc) is 3.16. The minimum Gasteiger partial charge on any atom is -0.484 e. The number of carbonyl (C=O) groups is 1. The Morgan fingerprint density at radius 1 is 1.25 bits per heavy atom. The van der Waals surface area contributed by atoms with Gasteiger partial charge in [-0.1, -0.05) is 41.0 Å². The summed E-state index contributed by atoms with van der Waals surface area (Å²) in [6.45, 7) is 2.54. The van der Waals surface area contributed by atoms with Crippen LogP contribution in [0.5, 0.6) is 5.75 Å². The van der Waals surface area contributed by atoms with Gasteiger partial charge in [0.2, 0.25) is 0 Å². The number of carbonyl (C=O) groups excluding carboxylic acids is 1. The van der Waals surface area contributed by atoms with Crippen LogP contribution in [0.2, 0.25) is 5.02 Å². The molecule has 0 bridgehead atoms. The highest BCUT2D eigenvalue weighted by Crippen LogP contribution is 2.20. The first-order valence-electron chi connectivity index (χ1n) is 8.79. The summed E-state index contributed by atoms with van der Waals surface area (Å²) in [5, 5.41) is 7.35. The number of benzene rings is 2. The molecule has 2 aromatic carbocycles. The number of hydrogen-bond acceptors (Lipinski definition) is 5. The zero-order valence-electron chi connectivity index (χ0n) is 15.7. The number of anilines is 1. The van der Waals surface area contributed by atoms with Crippen molar-refractivity contribution in [2.24, 2.45) is 0 Å². The van der Waals surface area contributed by atoms with Crippen LogP contribution in [0.15, 0.2) is 53.1 Å². The molecule has 1 aromatic heterocycles. The molecule has 28 heavy (non-hydrogen) atoms. The lowest BCUT2D eigenvalue weighted by atomic mass is 10.2. The van der Waals surface area contributed by atoms with Crippen molar-refractivity contribution in [1.29, 1.82) is 0 Å². The van der Waals surface area contributed by atoms with Crippen molar-refractivity contribution in [3.63, 3.8) is 0 Å². The molecule has 1 N–H and O–H groups in total. The molecule has 0 aliphatic heterocycles. The molecule has 0 atom stereocenters. The number of hydrogen-bond donors (Lipinski definition) is 1. The van der Waals surface area contributed by atoms with Crippen LogP contribution in [-0.2, 0) is 13.0 Å². The number of nitrogens with zero attached hydrogens (tertiary/aromatic N) is 3. The van der Waals surface area contributed by atoms with E-state index in [1.165, 1.54) is 0 Å². The van der Waals surface area contributed by atoms with E-state index in [0.29, 0.717) is 35.4 Å². The van der Waals surface area contributed by atoms with Gasteiger partial charge >= 0.3 is 6.03 Å². The Hall–Kier alpha value is -3.06. The minimum atomic E-state index is -0.235. The summed E-state index contributed by atoms with van der Waals surface area (Å²) in [4.78, 5) is 18.2. The smallest absolute Gasteiger partial charge is 0.321 e. The van der Waals surface area contributed by atoms with Gasteiger partial charge in [-0.05, 0) is 36.8 Å². The molecule has 0 aliphatic rings. The number of halogens is 1. The average molecular weight is 401 g/mol. The maximum Gasteiger partial charge on any atom is 0.321 e. The molecule has 3 rings (SSSR count). The lowest BCUT2D eigenvalue weighted by molar-refractivity contribution is 0.222. The number of aryl methyl sites for hydroxylation is 1. The summed E-state index contributed by atoms with van der Waals surface area (Å²) < 4.78 is 10.8. The predicted molar refractivity (Wildman–Crippen MR) is 107 cm³/mol. The number of para-hydroxylation sites is 1. The number of amides is 2. The molecule has 2 amide bonds. The maximum absolute atomic E-state index is 12.3. The first-order chi connectivity index (χ1) is 13.5. The Kier molecular flexibility index (Phi) is 6.49. The zero-order valence-corrected chi connectivity index (χ0v) is 16.4. The van der Waals surface area contributed by atoms with Crippen molar-refractivity contribution >= 4 is 23.3 Å². The summed E-state index contributed by atoms with van der Waals surface area (Å²) in [6.07, 6.45) is 0.466. The van der Waals surface area contributed by atoms with Crippen LogP contribution in [0.3, 0.4) is 0 Å². The van der Waals surface area contributed by atoms with Crippen molar-refractivity contribution in [3.05, 3.63) is 70.8 Å². The molecule has 1 heterocycles. The third-order valence-corrected chi connectivity index (χ3v) is 4.31. The third kappa shape index (κ3) is 5.47. The molecule has 0 fully saturated rings. The maximum atomic E-state index is 12.3. The fourth-order valence-corrected chi connectivity index (χ4v) is 2.59. The topological polar surface area (TPSA) is 80.5 Å². The van der Waals surface area contributed by atoms with Crippen molar-refractivity contribution in [1.82, 2.24) is 15.0 Å². The summed E-state index contributed by atoms with van der Waals surface area (Å²) >= 11 is 5.99. The number of rotatable bonds is 7. The van der Waals surface area contributed by atoms with Crippen molar-refractivity contribution in [2.45, 2.75) is 20.0 Å². The van der Waals surface area contributed by atoms with Crippen LogP contribution in [-0.4, -0.2) is 34.7 Å². The van der Waals surface area contributed by atoms with Crippen LogP contribution in [0, 0.1) is 6.92 Å². The molecular formula is C20H21ClN4O3. The van der Waals surface area contributed by atoms with Gasteiger partial charge in [-0.15, -0.1) is 0 Å². The molecule has 0 unspecified atom stereocenters. The number of nitrogens with one attached hydrogen (secondary N) is 1. The van der Waals surface area contributed by atoms with Gasteiger partial charge in [-0.25, -0.2) is 4.79 Å². The van der Waals surface area contributed by atoms with Gasteiger partial charge in [0.05, 0.1) is 0 Å². The molecule has 8 heteroatoms. The highest BCUT2D eigenvalue weighted by Gasteiger charge is 2.13. The van der Waals surface area contributed by atoms with Gasteiger partial charge in [0.1, 0.15) is 5.75 Å². The van der Waals surface area contributed by atoms with E-state index in [9.17, 15) is 4.79 Å². The molecule has 0 saturated carbocycles. The SMILES string of the molecule is Cc1ccc(Cl)cc1NC(=O)N(C)CCc1noc(COc2ccccc2)n1. The van der Waals surface area contributed by atoms with Crippen molar-refractivity contribution in [3.8, 4) is 5.75 Å². The molecule has 7 nitrogen and oxygen atoms in total. The largest absolute Gasteiger partial charge is 0.484 e. The molecule has 0 radical (unpaired) electrons. The summed E-state index contributed by atoms with van der Waals surface area (Å²) in [5.74, 6) is 1.64. The molecule has 146 valence electrons. The molecule has 0 spiro atoms. The predicted octanol–water partition coefficient (Wildman–Crippen LogP) is 4.32. The summed E-state index contributed by atoms with van der Waals surface area (Å²) in [7, 11) is 1.70. The van der Waals surface area contributed by atoms with E-state index in [1.54, 1.807) is 24.1 Å². The van der Waals surface area contributed by atoms with E-state index in [0.717, 1.165) is 11.3 Å². The second-order valence-electron chi connectivity index (χ2n) is 6.27. The minimum absolute atomic E-state index is 0.196. The van der Waals surface area contributed by atoms with Crippen LogP contribution < -0.4 is 10.1 Å². The van der Waals surface area contributed by atoms with E-state index in [1.807, 2.05) is 43.3 Å². The quantitative estimate of drug-likeness (QED) is 0.638. The van der Waals surface area contributed by atoms with E-state index < -0.39 is 0 Å².